The van der Waals surface area contributed by atoms with E-state index in [-0.39, 0.29) is 29.0 Å². The van der Waals surface area contributed by atoms with Crippen LogP contribution in [-0.4, -0.2) is 11.7 Å². The van der Waals surface area contributed by atoms with Crippen LogP contribution in [0.1, 0.15) is 86.5 Å². The van der Waals surface area contributed by atoms with Gasteiger partial charge in [-0.25, -0.2) is 13.2 Å². The van der Waals surface area contributed by atoms with Crippen molar-refractivity contribution >= 4 is 0 Å². The van der Waals surface area contributed by atoms with Gasteiger partial charge in [-0.3, -0.25) is 0 Å². The monoisotopic (exact) mass is 508 g/mol. The van der Waals surface area contributed by atoms with Crippen LogP contribution in [0, 0.1) is 17.5 Å². The highest BCUT2D eigenvalue weighted by atomic mass is 19.2. The smallest absolute Gasteiger partial charge is 0.166 e. The lowest BCUT2D eigenvalue weighted by molar-refractivity contribution is 0.166. The van der Waals surface area contributed by atoms with Gasteiger partial charge in [0.2, 0.25) is 0 Å². The lowest BCUT2D eigenvalue weighted by atomic mass is 9.76. The van der Waals surface area contributed by atoms with Gasteiger partial charge in [0.15, 0.2) is 23.2 Å². The van der Waals surface area contributed by atoms with Gasteiger partial charge in [-0.2, -0.15) is 0 Å². The van der Waals surface area contributed by atoms with Crippen LogP contribution in [0.3, 0.4) is 0 Å². The highest BCUT2D eigenvalue weighted by Gasteiger charge is 2.28. The molecule has 5 heteroatoms. The molecule has 0 heterocycles. The third-order valence-electron chi connectivity index (χ3n) is 7.45. The Morgan fingerprint density at radius 1 is 0.946 bits per heavy atom. The highest BCUT2D eigenvalue weighted by Crippen LogP contribution is 2.43. The zero-order chi connectivity index (χ0) is 26.4. The summed E-state index contributed by atoms with van der Waals surface area (Å²) in [5, 5.41) is 10.2. The molecule has 1 atom stereocenters. The van der Waals surface area contributed by atoms with Crippen LogP contribution >= 0.6 is 0 Å². The SMILES string of the molecule is C=CCCOc1ccc(C2CCC(c3ccc(-c4ccc(C(O)CCC)cc4)c(F)c3F)CC2)cc1F. The van der Waals surface area contributed by atoms with E-state index in [1.807, 2.05) is 13.0 Å². The molecule has 0 spiro atoms. The summed E-state index contributed by atoms with van der Waals surface area (Å²) in [5.41, 5.74) is 2.90. The Kier molecular flexibility index (Phi) is 9.09. The molecule has 0 saturated heterocycles. The van der Waals surface area contributed by atoms with Crippen LogP contribution in [0.15, 0.2) is 67.3 Å². The Morgan fingerprint density at radius 3 is 2.30 bits per heavy atom. The van der Waals surface area contributed by atoms with Crippen molar-refractivity contribution in [2.24, 2.45) is 0 Å². The number of hydrogen-bond acceptors (Lipinski definition) is 2. The quantitative estimate of drug-likeness (QED) is 0.219. The fourth-order valence-corrected chi connectivity index (χ4v) is 5.31. The number of ether oxygens (including phenoxy) is 1. The molecule has 196 valence electrons. The van der Waals surface area contributed by atoms with Crippen molar-refractivity contribution in [2.75, 3.05) is 6.61 Å². The maximum absolute atomic E-state index is 15.2. The molecule has 4 rings (SSSR count). The Morgan fingerprint density at radius 2 is 1.65 bits per heavy atom. The maximum Gasteiger partial charge on any atom is 0.166 e. The van der Waals surface area contributed by atoms with Crippen LogP contribution in [0.4, 0.5) is 13.2 Å². The predicted molar refractivity (Wildman–Crippen MR) is 142 cm³/mol. The summed E-state index contributed by atoms with van der Waals surface area (Å²) in [4.78, 5) is 0. The third-order valence-corrected chi connectivity index (χ3v) is 7.45. The van der Waals surface area contributed by atoms with E-state index in [9.17, 15) is 9.50 Å². The zero-order valence-corrected chi connectivity index (χ0v) is 21.4. The molecule has 0 aromatic heterocycles. The standard InChI is InChI=1S/C32H35F3O2/c1-3-5-19-37-30-18-15-25(20-28(30)33)21-7-9-22(10-8-21)26-16-17-27(32(35)31(26)34)23-11-13-24(14-12-23)29(36)6-4-2/h3,11-18,20-22,29,36H,1,4-10,19H2,2H3. The summed E-state index contributed by atoms with van der Waals surface area (Å²) < 4.78 is 50.3. The predicted octanol–water partition coefficient (Wildman–Crippen LogP) is 9.00. The van der Waals surface area contributed by atoms with Crippen molar-refractivity contribution in [3.63, 3.8) is 0 Å². The Labute approximate surface area is 217 Å². The van der Waals surface area contributed by atoms with E-state index in [4.69, 9.17) is 4.74 Å². The van der Waals surface area contributed by atoms with E-state index in [2.05, 4.69) is 6.58 Å². The molecule has 2 nitrogen and oxygen atoms in total. The van der Waals surface area contributed by atoms with Gasteiger partial charge >= 0.3 is 0 Å². The van der Waals surface area contributed by atoms with Gasteiger partial charge in [0.05, 0.1) is 12.7 Å². The number of aliphatic hydroxyl groups is 1. The molecule has 0 aliphatic heterocycles. The number of rotatable bonds is 10. The van der Waals surface area contributed by atoms with Crippen LogP contribution in [0.25, 0.3) is 11.1 Å². The van der Waals surface area contributed by atoms with Gasteiger partial charge in [-0.15, -0.1) is 6.58 Å². The van der Waals surface area contributed by atoms with Crippen molar-refractivity contribution in [1.82, 2.24) is 0 Å². The molecule has 1 saturated carbocycles. The molecule has 1 N–H and O–H groups in total. The van der Waals surface area contributed by atoms with Gasteiger partial charge in [0.25, 0.3) is 0 Å². The molecule has 1 aliphatic carbocycles. The molecule has 0 bridgehead atoms. The van der Waals surface area contributed by atoms with Crippen LogP contribution in [0.2, 0.25) is 0 Å². The number of benzene rings is 3. The van der Waals surface area contributed by atoms with E-state index in [0.29, 0.717) is 43.4 Å². The first-order valence-electron chi connectivity index (χ1n) is 13.2. The second-order valence-electron chi connectivity index (χ2n) is 9.92. The van der Waals surface area contributed by atoms with Crippen molar-refractivity contribution in [2.45, 2.75) is 69.8 Å². The Bertz CT molecular complexity index is 1200. The molecule has 1 fully saturated rings. The van der Waals surface area contributed by atoms with Crippen molar-refractivity contribution < 1.29 is 23.0 Å². The summed E-state index contributed by atoms with van der Waals surface area (Å²) in [6.07, 6.45) is 6.33. The number of halogens is 3. The first-order valence-corrected chi connectivity index (χ1v) is 13.2. The fraction of sp³-hybridized carbons (Fsp3) is 0.375. The van der Waals surface area contributed by atoms with Crippen LogP contribution in [-0.2, 0) is 0 Å². The fourth-order valence-electron chi connectivity index (χ4n) is 5.31. The topological polar surface area (TPSA) is 29.5 Å². The minimum Gasteiger partial charge on any atom is -0.490 e. The summed E-state index contributed by atoms with van der Waals surface area (Å²) in [6, 6.07) is 15.5. The number of hydrogen-bond donors (Lipinski definition) is 1. The van der Waals surface area contributed by atoms with E-state index >= 15 is 8.78 Å². The molecule has 3 aromatic rings. The lowest BCUT2D eigenvalue weighted by Gasteiger charge is -2.29. The van der Waals surface area contributed by atoms with Gasteiger partial charge in [0, 0.05) is 5.56 Å². The first kappa shape index (κ1) is 27.0. The number of aliphatic hydroxyl groups excluding tert-OH is 1. The molecule has 0 amide bonds. The first-order chi connectivity index (χ1) is 17.9. The Balaban J connectivity index is 1.42. The molecular formula is C32H35F3O2. The second-order valence-corrected chi connectivity index (χ2v) is 9.92. The van der Waals surface area contributed by atoms with E-state index in [0.717, 1.165) is 30.4 Å². The molecule has 1 aliphatic rings. The summed E-state index contributed by atoms with van der Waals surface area (Å²) in [5.74, 6) is -1.65. The minimum atomic E-state index is -0.837. The second kappa shape index (κ2) is 12.5. The molecule has 3 aromatic carbocycles. The average molecular weight is 509 g/mol. The van der Waals surface area contributed by atoms with Gasteiger partial charge in [-0.05, 0) is 84.7 Å². The Hall–Kier alpha value is -3.05. The average Bonchev–Trinajstić information content (AvgIpc) is 2.91. The van der Waals surface area contributed by atoms with Crippen molar-refractivity contribution in [3.8, 4) is 16.9 Å². The van der Waals surface area contributed by atoms with Crippen LogP contribution < -0.4 is 4.74 Å². The highest BCUT2D eigenvalue weighted by molar-refractivity contribution is 5.65. The summed E-state index contributed by atoms with van der Waals surface area (Å²) >= 11 is 0. The van der Waals surface area contributed by atoms with E-state index < -0.39 is 17.7 Å². The molecule has 1 unspecified atom stereocenters. The van der Waals surface area contributed by atoms with Gasteiger partial charge in [0.1, 0.15) is 0 Å². The third kappa shape index (κ3) is 6.27. The van der Waals surface area contributed by atoms with E-state index in [1.165, 1.54) is 6.07 Å². The molecule has 0 radical (unpaired) electrons. The normalized spacial score (nSPS) is 18.4. The van der Waals surface area contributed by atoms with Crippen LogP contribution in [0.5, 0.6) is 5.75 Å². The minimum absolute atomic E-state index is 0.0716. The lowest BCUT2D eigenvalue weighted by Crippen LogP contribution is -2.14. The van der Waals surface area contributed by atoms with Crippen molar-refractivity contribution in [3.05, 3.63) is 101 Å². The summed E-state index contributed by atoms with van der Waals surface area (Å²) in [6.45, 7) is 6.02. The van der Waals surface area contributed by atoms with Gasteiger partial charge in [-0.1, -0.05) is 61.9 Å². The van der Waals surface area contributed by atoms with Crippen molar-refractivity contribution in [1.29, 1.82) is 0 Å². The zero-order valence-electron chi connectivity index (χ0n) is 21.4. The van der Waals surface area contributed by atoms with E-state index in [1.54, 1.807) is 48.5 Å². The summed E-state index contributed by atoms with van der Waals surface area (Å²) in [7, 11) is 0. The molecule has 37 heavy (non-hydrogen) atoms. The van der Waals surface area contributed by atoms with Gasteiger partial charge < -0.3 is 9.84 Å². The largest absolute Gasteiger partial charge is 0.490 e. The molecular weight excluding hydrogens is 473 g/mol. The maximum atomic E-state index is 15.2.